The lowest BCUT2D eigenvalue weighted by molar-refractivity contribution is -0.111. The molecule has 1 N–H and O–H groups in total. The van der Waals surface area contributed by atoms with Crippen LogP contribution in [0.4, 0.5) is 0 Å². The van der Waals surface area contributed by atoms with Gasteiger partial charge in [0.25, 0.3) is 0 Å². The molecule has 0 radical (unpaired) electrons. The van der Waals surface area contributed by atoms with E-state index < -0.39 is 0 Å². The summed E-state index contributed by atoms with van der Waals surface area (Å²) >= 11 is 6.42. The van der Waals surface area contributed by atoms with Crippen molar-refractivity contribution >= 4 is 34.6 Å². The van der Waals surface area contributed by atoms with Crippen molar-refractivity contribution in [3.63, 3.8) is 0 Å². The molecule has 0 aromatic rings. The molecule has 64 valence electrons. The van der Waals surface area contributed by atoms with Gasteiger partial charge in [0, 0.05) is 12.0 Å². The third-order valence-corrected chi connectivity index (χ3v) is 2.64. The molecule has 2 nitrogen and oxygen atoms in total. The number of carbonyl (C=O) groups is 1. The molecule has 0 saturated carbocycles. The summed E-state index contributed by atoms with van der Waals surface area (Å²) < 4.78 is 0.742. The first-order valence-corrected chi connectivity index (χ1v) is 5.05. The highest BCUT2D eigenvalue weighted by molar-refractivity contribution is 8.22. The van der Waals surface area contributed by atoms with Crippen LogP contribution in [0, 0.1) is 5.92 Å². The number of aldehydes is 1. The van der Waals surface area contributed by atoms with Crippen LogP contribution in [0.5, 0.6) is 0 Å². The van der Waals surface area contributed by atoms with E-state index in [0.29, 0.717) is 0 Å². The molecule has 0 aliphatic rings. The minimum absolute atomic E-state index is 0.0140. The summed E-state index contributed by atoms with van der Waals surface area (Å²) in [5, 5.41) is 3.04. The first kappa shape index (κ1) is 10.9. The van der Waals surface area contributed by atoms with E-state index in [9.17, 15) is 4.79 Å². The zero-order chi connectivity index (χ0) is 8.85. The van der Waals surface area contributed by atoms with Crippen LogP contribution in [0.25, 0.3) is 0 Å². The normalized spacial score (nSPS) is 15.2. The fourth-order valence-corrected chi connectivity index (χ4v) is 0.984. The third kappa shape index (κ3) is 4.37. The average Bonchev–Trinajstić information content (AvgIpc) is 2.02. The number of carbonyl (C=O) groups excluding carboxylic acids is 1. The van der Waals surface area contributed by atoms with Gasteiger partial charge in [-0.3, -0.25) is 0 Å². The molecular formula is C7H13NOS2. The van der Waals surface area contributed by atoms with E-state index in [1.165, 1.54) is 11.8 Å². The molecule has 0 spiro atoms. The molecule has 2 unspecified atom stereocenters. The lowest BCUT2D eigenvalue weighted by atomic mass is 10.1. The van der Waals surface area contributed by atoms with E-state index in [2.05, 4.69) is 5.32 Å². The van der Waals surface area contributed by atoms with Crippen LogP contribution >= 0.6 is 24.0 Å². The van der Waals surface area contributed by atoms with Crippen LogP contribution in [0.2, 0.25) is 0 Å². The van der Waals surface area contributed by atoms with Gasteiger partial charge in [0.2, 0.25) is 0 Å². The quantitative estimate of drug-likeness (QED) is 0.540. The molecule has 0 aliphatic heterocycles. The Morgan fingerprint density at radius 1 is 1.64 bits per heavy atom. The first-order valence-electron chi connectivity index (χ1n) is 3.41. The van der Waals surface area contributed by atoms with Crippen molar-refractivity contribution in [3.05, 3.63) is 0 Å². The number of thioether (sulfide) groups is 1. The Balaban J connectivity index is 3.76. The monoisotopic (exact) mass is 191 g/mol. The molecule has 4 heteroatoms. The van der Waals surface area contributed by atoms with Gasteiger partial charge in [-0.25, -0.2) is 0 Å². The standard InChI is InChI=1S/C7H13NOS2/c1-5(4-9)6(2)8-7(10)11-3/h4-6H,1-3H3,(H,8,10). The summed E-state index contributed by atoms with van der Waals surface area (Å²) in [6.07, 6.45) is 2.84. The Labute approximate surface area is 77.1 Å². The molecule has 0 heterocycles. The van der Waals surface area contributed by atoms with Crippen molar-refractivity contribution in [3.8, 4) is 0 Å². The van der Waals surface area contributed by atoms with Gasteiger partial charge in [0.1, 0.15) is 10.6 Å². The Bertz CT molecular complexity index is 149. The molecule has 0 aromatic heterocycles. The minimum atomic E-state index is 0.0140. The molecule has 0 saturated heterocycles. The van der Waals surface area contributed by atoms with Crippen LogP contribution in [0.15, 0.2) is 0 Å². The lowest BCUT2D eigenvalue weighted by Crippen LogP contribution is -2.35. The smallest absolute Gasteiger partial charge is 0.133 e. The second-order valence-corrected chi connectivity index (χ2v) is 3.90. The summed E-state index contributed by atoms with van der Waals surface area (Å²) in [5.74, 6) is 0.0140. The predicted octanol–water partition coefficient (Wildman–Crippen LogP) is 1.45. The van der Waals surface area contributed by atoms with Crippen molar-refractivity contribution in [2.45, 2.75) is 19.9 Å². The van der Waals surface area contributed by atoms with Crippen molar-refractivity contribution < 1.29 is 4.79 Å². The van der Waals surface area contributed by atoms with Gasteiger partial charge in [-0.2, -0.15) is 0 Å². The summed E-state index contributed by atoms with van der Waals surface area (Å²) in [7, 11) is 0. The van der Waals surface area contributed by atoms with Gasteiger partial charge < -0.3 is 10.1 Å². The molecular weight excluding hydrogens is 178 g/mol. The lowest BCUT2D eigenvalue weighted by Gasteiger charge is -2.16. The average molecular weight is 191 g/mol. The highest BCUT2D eigenvalue weighted by Crippen LogP contribution is 2.02. The van der Waals surface area contributed by atoms with E-state index in [-0.39, 0.29) is 12.0 Å². The van der Waals surface area contributed by atoms with Gasteiger partial charge in [0.05, 0.1) is 0 Å². The van der Waals surface area contributed by atoms with E-state index in [1.54, 1.807) is 0 Å². The van der Waals surface area contributed by atoms with Crippen LogP contribution < -0.4 is 5.32 Å². The summed E-state index contributed by atoms with van der Waals surface area (Å²) in [6, 6.07) is 0.132. The number of rotatable bonds is 3. The maximum atomic E-state index is 10.3. The van der Waals surface area contributed by atoms with Crippen LogP contribution in [-0.2, 0) is 4.79 Å². The zero-order valence-corrected chi connectivity index (χ0v) is 8.59. The topological polar surface area (TPSA) is 29.1 Å². The Morgan fingerprint density at radius 2 is 2.18 bits per heavy atom. The number of hydrogen-bond acceptors (Lipinski definition) is 3. The fourth-order valence-electron chi connectivity index (χ4n) is 0.494. The van der Waals surface area contributed by atoms with E-state index in [0.717, 1.165) is 10.6 Å². The molecule has 0 bridgehead atoms. The Kier molecular flexibility index (Phi) is 5.50. The minimum Gasteiger partial charge on any atom is -0.368 e. The van der Waals surface area contributed by atoms with Crippen molar-refractivity contribution in [2.24, 2.45) is 5.92 Å². The molecule has 0 aliphatic carbocycles. The summed E-state index contributed by atoms with van der Waals surface area (Å²) in [5.41, 5.74) is 0. The first-order chi connectivity index (χ1) is 5.11. The highest BCUT2D eigenvalue weighted by atomic mass is 32.2. The van der Waals surface area contributed by atoms with E-state index >= 15 is 0 Å². The largest absolute Gasteiger partial charge is 0.368 e. The third-order valence-electron chi connectivity index (χ3n) is 1.53. The maximum Gasteiger partial charge on any atom is 0.133 e. The van der Waals surface area contributed by atoms with E-state index in [4.69, 9.17) is 12.2 Å². The van der Waals surface area contributed by atoms with Gasteiger partial charge in [0.15, 0.2) is 0 Å². The number of thiocarbonyl (C=S) groups is 1. The molecule has 0 fully saturated rings. The second kappa shape index (κ2) is 5.55. The maximum absolute atomic E-state index is 10.3. The summed E-state index contributed by atoms with van der Waals surface area (Å²) in [6.45, 7) is 3.81. The summed E-state index contributed by atoms with van der Waals surface area (Å²) in [4.78, 5) is 10.3. The predicted molar refractivity (Wildman–Crippen MR) is 53.9 cm³/mol. The molecule has 11 heavy (non-hydrogen) atoms. The Hall–Kier alpha value is -0.0900. The van der Waals surface area contributed by atoms with E-state index in [1.807, 2.05) is 20.1 Å². The van der Waals surface area contributed by atoms with Crippen LogP contribution in [0.1, 0.15) is 13.8 Å². The number of hydrogen-bond donors (Lipinski definition) is 1. The van der Waals surface area contributed by atoms with Crippen LogP contribution in [0.3, 0.4) is 0 Å². The van der Waals surface area contributed by atoms with Gasteiger partial charge >= 0.3 is 0 Å². The van der Waals surface area contributed by atoms with Gasteiger partial charge in [-0.1, -0.05) is 19.1 Å². The molecule has 0 rings (SSSR count). The number of nitrogens with one attached hydrogen (secondary N) is 1. The zero-order valence-electron chi connectivity index (χ0n) is 6.96. The second-order valence-electron chi connectivity index (χ2n) is 2.42. The van der Waals surface area contributed by atoms with Gasteiger partial charge in [-0.05, 0) is 13.2 Å². The van der Waals surface area contributed by atoms with Crippen molar-refractivity contribution in [1.82, 2.24) is 5.32 Å². The van der Waals surface area contributed by atoms with Gasteiger partial charge in [-0.15, -0.1) is 11.8 Å². The SMILES string of the molecule is CSC(=S)NC(C)C(C)C=O. The fraction of sp³-hybridized carbons (Fsp3) is 0.714. The van der Waals surface area contributed by atoms with Crippen LogP contribution in [-0.4, -0.2) is 22.9 Å². The Morgan fingerprint density at radius 3 is 2.55 bits per heavy atom. The molecule has 0 aromatic carbocycles. The van der Waals surface area contributed by atoms with Crippen molar-refractivity contribution in [2.75, 3.05) is 6.26 Å². The molecule has 0 amide bonds. The molecule has 2 atom stereocenters. The highest BCUT2D eigenvalue weighted by Gasteiger charge is 2.10. The van der Waals surface area contributed by atoms with Crippen molar-refractivity contribution in [1.29, 1.82) is 0 Å².